The largest absolute Gasteiger partial charge is 0.389 e. The molecule has 0 unspecified atom stereocenters. The molecule has 0 saturated heterocycles. The summed E-state index contributed by atoms with van der Waals surface area (Å²) in [5.74, 6) is 0. The van der Waals surface area contributed by atoms with Crippen molar-refractivity contribution in [2.45, 2.75) is 0 Å². The van der Waals surface area contributed by atoms with E-state index in [1.54, 1.807) is 0 Å². The second-order valence-electron chi connectivity index (χ2n) is 2.21. The van der Waals surface area contributed by atoms with Crippen LogP contribution in [-0.4, -0.2) is 4.37 Å². The van der Waals surface area contributed by atoms with Gasteiger partial charge in [-0.05, 0) is 29.7 Å². The molecule has 0 aliphatic rings. The Morgan fingerprint density at radius 2 is 2.27 bits per heavy atom. The predicted octanol–water partition coefficient (Wildman–Crippen LogP) is 2.64. The summed E-state index contributed by atoms with van der Waals surface area (Å²) in [6.07, 6.45) is 0. The zero-order valence-electron chi connectivity index (χ0n) is 5.54. The van der Waals surface area contributed by atoms with Crippen LogP contribution >= 0.6 is 27.5 Å². The van der Waals surface area contributed by atoms with E-state index in [1.165, 1.54) is 11.5 Å². The topological polar surface area (TPSA) is 38.9 Å². The third-order valence-electron chi connectivity index (χ3n) is 1.47. The molecule has 0 spiro atoms. The Balaban J connectivity index is 2.87. The molecular weight excluding hydrogens is 224 g/mol. The van der Waals surface area contributed by atoms with Crippen molar-refractivity contribution in [1.29, 1.82) is 0 Å². The number of fused-ring (bicyclic) bond motifs is 1. The molecule has 0 radical (unpaired) electrons. The predicted molar refractivity (Wildman–Crippen MR) is 51.7 cm³/mol. The number of hydrogen-bond donors (Lipinski definition) is 1. The van der Waals surface area contributed by atoms with Crippen LogP contribution in [0.4, 0.5) is 5.00 Å². The molecule has 1 aromatic heterocycles. The van der Waals surface area contributed by atoms with Crippen LogP contribution in [0.5, 0.6) is 0 Å². The first kappa shape index (κ1) is 7.06. The number of nitrogens with two attached hydrogens (primary N) is 1. The molecule has 0 amide bonds. The summed E-state index contributed by atoms with van der Waals surface area (Å²) in [5, 5.41) is 1.81. The van der Waals surface area contributed by atoms with E-state index in [4.69, 9.17) is 5.73 Å². The molecule has 56 valence electrons. The summed E-state index contributed by atoms with van der Waals surface area (Å²) < 4.78 is 5.19. The first-order chi connectivity index (χ1) is 5.27. The maximum atomic E-state index is 5.68. The minimum absolute atomic E-state index is 0.779. The number of hydrogen-bond acceptors (Lipinski definition) is 3. The number of benzene rings is 1. The lowest BCUT2D eigenvalue weighted by atomic mass is 10.2. The summed E-state index contributed by atoms with van der Waals surface area (Å²) in [4.78, 5) is 0. The Bertz CT molecular complexity index is 396. The number of nitrogen functional groups attached to an aromatic ring is 1. The van der Waals surface area contributed by atoms with Crippen LogP contribution in [0.15, 0.2) is 22.7 Å². The fourth-order valence-corrected chi connectivity index (χ4v) is 1.91. The van der Waals surface area contributed by atoms with E-state index in [0.717, 1.165) is 20.4 Å². The molecule has 2 N–H and O–H groups in total. The summed E-state index contributed by atoms with van der Waals surface area (Å²) in [6, 6.07) is 5.89. The van der Waals surface area contributed by atoms with Crippen LogP contribution in [0.3, 0.4) is 0 Å². The maximum absolute atomic E-state index is 5.68. The van der Waals surface area contributed by atoms with E-state index in [0.29, 0.717) is 0 Å². The van der Waals surface area contributed by atoms with Crippen molar-refractivity contribution < 1.29 is 0 Å². The summed E-state index contributed by atoms with van der Waals surface area (Å²) >= 11 is 4.71. The van der Waals surface area contributed by atoms with E-state index in [1.807, 2.05) is 18.2 Å². The number of rotatable bonds is 0. The van der Waals surface area contributed by atoms with Gasteiger partial charge in [0, 0.05) is 9.86 Å². The average Bonchev–Trinajstić information content (AvgIpc) is 2.33. The van der Waals surface area contributed by atoms with Crippen LogP contribution in [0.2, 0.25) is 0 Å². The highest BCUT2D eigenvalue weighted by molar-refractivity contribution is 9.10. The van der Waals surface area contributed by atoms with Gasteiger partial charge in [0.25, 0.3) is 0 Å². The molecule has 0 saturated carbocycles. The first-order valence-corrected chi connectivity index (χ1v) is 4.64. The van der Waals surface area contributed by atoms with Gasteiger partial charge in [0.2, 0.25) is 0 Å². The fraction of sp³-hybridized carbons (Fsp3) is 0. The lowest BCUT2D eigenvalue weighted by Crippen LogP contribution is -1.77. The van der Waals surface area contributed by atoms with Crippen molar-refractivity contribution >= 4 is 43.4 Å². The van der Waals surface area contributed by atoms with Gasteiger partial charge in [0.05, 0.1) is 5.52 Å². The molecule has 0 aliphatic carbocycles. The van der Waals surface area contributed by atoms with Crippen molar-refractivity contribution in [2.24, 2.45) is 0 Å². The molecular formula is C7H5BrN2S. The molecule has 1 heterocycles. The Morgan fingerprint density at radius 3 is 3.09 bits per heavy atom. The zero-order valence-corrected chi connectivity index (χ0v) is 7.95. The Kier molecular flexibility index (Phi) is 1.58. The minimum atomic E-state index is 0.779. The fourth-order valence-electron chi connectivity index (χ4n) is 0.933. The van der Waals surface area contributed by atoms with Crippen LogP contribution in [0, 0.1) is 0 Å². The van der Waals surface area contributed by atoms with Crippen molar-refractivity contribution in [3.8, 4) is 0 Å². The third kappa shape index (κ3) is 1.12. The molecule has 0 bridgehead atoms. The summed E-state index contributed by atoms with van der Waals surface area (Å²) in [6.45, 7) is 0. The molecule has 2 aromatic rings. The lowest BCUT2D eigenvalue weighted by molar-refractivity contribution is 1.64. The number of anilines is 1. The highest BCUT2D eigenvalue weighted by atomic mass is 79.9. The van der Waals surface area contributed by atoms with Gasteiger partial charge < -0.3 is 5.73 Å². The minimum Gasteiger partial charge on any atom is -0.389 e. The molecule has 0 aliphatic heterocycles. The second-order valence-corrected chi connectivity index (χ2v) is 3.93. The van der Waals surface area contributed by atoms with Gasteiger partial charge >= 0.3 is 0 Å². The molecule has 2 nitrogen and oxygen atoms in total. The molecule has 4 heteroatoms. The van der Waals surface area contributed by atoms with Gasteiger partial charge in [-0.25, -0.2) is 0 Å². The standard InChI is InChI=1S/C7H5BrN2S/c8-4-1-2-6-5(3-4)7(9)11-10-6/h1-3H,9H2. The van der Waals surface area contributed by atoms with E-state index in [9.17, 15) is 0 Å². The zero-order chi connectivity index (χ0) is 7.84. The quantitative estimate of drug-likeness (QED) is 0.754. The van der Waals surface area contributed by atoms with E-state index >= 15 is 0 Å². The van der Waals surface area contributed by atoms with Crippen molar-refractivity contribution in [3.63, 3.8) is 0 Å². The van der Waals surface area contributed by atoms with Crippen molar-refractivity contribution in [3.05, 3.63) is 22.7 Å². The third-order valence-corrected chi connectivity index (χ3v) is 2.66. The normalized spacial score (nSPS) is 10.6. The molecule has 1 aromatic carbocycles. The smallest absolute Gasteiger partial charge is 0.114 e. The van der Waals surface area contributed by atoms with Crippen LogP contribution in [0.1, 0.15) is 0 Å². The highest BCUT2D eigenvalue weighted by Crippen LogP contribution is 2.26. The van der Waals surface area contributed by atoms with Crippen LogP contribution in [-0.2, 0) is 0 Å². The van der Waals surface area contributed by atoms with E-state index in [-0.39, 0.29) is 0 Å². The average molecular weight is 229 g/mol. The van der Waals surface area contributed by atoms with Gasteiger partial charge in [-0.1, -0.05) is 15.9 Å². The van der Waals surface area contributed by atoms with Crippen LogP contribution < -0.4 is 5.73 Å². The van der Waals surface area contributed by atoms with E-state index < -0.39 is 0 Å². The summed E-state index contributed by atoms with van der Waals surface area (Å²) in [5.41, 5.74) is 6.65. The molecule has 0 fully saturated rings. The van der Waals surface area contributed by atoms with Gasteiger partial charge in [-0.2, -0.15) is 4.37 Å². The van der Waals surface area contributed by atoms with E-state index in [2.05, 4.69) is 20.3 Å². The second kappa shape index (κ2) is 2.46. The van der Waals surface area contributed by atoms with Gasteiger partial charge in [-0.15, -0.1) is 0 Å². The van der Waals surface area contributed by atoms with Crippen molar-refractivity contribution in [2.75, 3.05) is 5.73 Å². The van der Waals surface area contributed by atoms with Gasteiger partial charge in [0.15, 0.2) is 0 Å². The number of halogens is 1. The first-order valence-electron chi connectivity index (χ1n) is 3.08. The lowest BCUT2D eigenvalue weighted by Gasteiger charge is -1.89. The Hall–Kier alpha value is -0.610. The number of aromatic nitrogens is 1. The highest BCUT2D eigenvalue weighted by Gasteiger charge is 2.01. The van der Waals surface area contributed by atoms with Crippen molar-refractivity contribution in [1.82, 2.24) is 4.37 Å². The maximum Gasteiger partial charge on any atom is 0.114 e. The van der Waals surface area contributed by atoms with Gasteiger partial charge in [0.1, 0.15) is 5.00 Å². The monoisotopic (exact) mass is 228 g/mol. The molecule has 0 atom stereocenters. The SMILES string of the molecule is Nc1snc2ccc(Br)cc12. The number of nitrogens with zero attached hydrogens (tertiary/aromatic N) is 1. The van der Waals surface area contributed by atoms with Crippen LogP contribution in [0.25, 0.3) is 10.9 Å². The summed E-state index contributed by atoms with van der Waals surface area (Å²) in [7, 11) is 0. The Labute approximate surface area is 76.3 Å². The Morgan fingerprint density at radius 1 is 1.45 bits per heavy atom. The van der Waals surface area contributed by atoms with Gasteiger partial charge in [-0.3, -0.25) is 0 Å². The molecule has 11 heavy (non-hydrogen) atoms. The molecule has 2 rings (SSSR count).